The largest absolute Gasteiger partial charge is 0.482 e. The molecule has 0 fully saturated rings. The molecule has 13 heteroatoms. The summed E-state index contributed by atoms with van der Waals surface area (Å²) < 4.78 is 29.0. The molecule has 0 aliphatic carbocycles. The Morgan fingerprint density at radius 1 is 1.18 bits per heavy atom. The molecule has 0 aliphatic rings. The van der Waals surface area contributed by atoms with Crippen molar-refractivity contribution >= 4 is 51.4 Å². The Morgan fingerprint density at radius 2 is 2.00 bits per heavy atom. The Balaban J connectivity index is 1.26. The second-order valence-electron chi connectivity index (χ2n) is 6.38. The van der Waals surface area contributed by atoms with Crippen LogP contribution in [0.25, 0.3) is 0 Å². The van der Waals surface area contributed by atoms with E-state index in [1.807, 2.05) is 0 Å². The number of halogens is 1. The number of nitrogens with zero attached hydrogens (tertiary/aromatic N) is 2. The van der Waals surface area contributed by atoms with Gasteiger partial charge in [0.2, 0.25) is 16.3 Å². The molecule has 0 unspecified atom stereocenters. The van der Waals surface area contributed by atoms with Gasteiger partial charge in [-0.2, -0.15) is 0 Å². The van der Waals surface area contributed by atoms with E-state index in [9.17, 15) is 18.8 Å². The number of nitrogens with one attached hydrogen (secondary N) is 1. The minimum absolute atomic E-state index is 0.262. The number of thioether (sulfide) groups is 1. The van der Waals surface area contributed by atoms with Gasteiger partial charge in [0.05, 0.1) is 10.6 Å². The van der Waals surface area contributed by atoms with Crippen molar-refractivity contribution in [3.05, 3.63) is 80.8 Å². The number of esters is 1. The summed E-state index contributed by atoms with van der Waals surface area (Å²) in [5.41, 5.74) is -0.543. The number of amides is 1. The topological polar surface area (TPSA) is 121 Å². The van der Waals surface area contributed by atoms with Gasteiger partial charge in [-0.1, -0.05) is 29.2 Å². The molecule has 3 heterocycles. The van der Waals surface area contributed by atoms with Crippen LogP contribution in [0.15, 0.2) is 67.7 Å². The van der Waals surface area contributed by atoms with Crippen LogP contribution in [0.1, 0.15) is 15.4 Å². The highest BCUT2D eigenvalue weighted by Gasteiger charge is 2.14. The number of benzene rings is 1. The number of hydrogen-bond donors (Lipinski definition) is 1. The van der Waals surface area contributed by atoms with E-state index >= 15 is 0 Å². The number of carbonyl (C=O) groups is 2. The summed E-state index contributed by atoms with van der Waals surface area (Å²) in [7, 11) is 0. The molecule has 9 nitrogen and oxygen atoms in total. The van der Waals surface area contributed by atoms with Crippen molar-refractivity contribution in [1.82, 2.24) is 10.2 Å². The Labute approximate surface area is 203 Å². The van der Waals surface area contributed by atoms with E-state index in [-0.39, 0.29) is 23.2 Å². The van der Waals surface area contributed by atoms with Crippen LogP contribution < -0.4 is 20.2 Å². The SMILES string of the molecule is O=C(COc1ccc(F)cc1)Oc1coc(CSc2nnc(NC(=O)c3cccs3)s2)cc1=O. The smallest absolute Gasteiger partial charge is 0.349 e. The number of ether oxygens (including phenoxy) is 2. The van der Waals surface area contributed by atoms with Gasteiger partial charge in [-0.05, 0) is 35.7 Å². The van der Waals surface area contributed by atoms with E-state index < -0.39 is 23.8 Å². The lowest BCUT2D eigenvalue weighted by atomic mass is 10.3. The predicted octanol–water partition coefficient (Wildman–Crippen LogP) is 4.22. The fraction of sp³-hybridized carbons (Fsp3) is 0.0952. The Hall–Kier alpha value is -3.55. The zero-order valence-corrected chi connectivity index (χ0v) is 19.5. The molecule has 34 heavy (non-hydrogen) atoms. The molecule has 174 valence electrons. The standard InChI is InChI=1S/C21H14FN3O6S3/c22-12-3-5-13(6-4-12)30-10-18(27)31-16-9-29-14(8-15(16)26)11-33-21-25-24-20(34-21)23-19(28)17-2-1-7-32-17/h1-9H,10-11H2,(H,23,24,28). The fourth-order valence-corrected chi connectivity index (χ4v) is 4.69. The van der Waals surface area contributed by atoms with Gasteiger partial charge in [0.15, 0.2) is 10.9 Å². The number of hydrogen-bond acceptors (Lipinski definition) is 11. The quantitative estimate of drug-likeness (QED) is 0.197. The van der Waals surface area contributed by atoms with Gasteiger partial charge in [0, 0.05) is 6.07 Å². The molecule has 0 bridgehead atoms. The second-order valence-corrected chi connectivity index (χ2v) is 9.53. The first kappa shape index (κ1) is 23.6. The fourth-order valence-electron chi connectivity index (χ4n) is 2.43. The van der Waals surface area contributed by atoms with Crippen LogP contribution in [0.4, 0.5) is 9.52 Å². The maximum absolute atomic E-state index is 12.9. The summed E-state index contributed by atoms with van der Waals surface area (Å²) in [6.45, 7) is -0.467. The van der Waals surface area contributed by atoms with Crippen LogP contribution in [-0.4, -0.2) is 28.7 Å². The van der Waals surface area contributed by atoms with Gasteiger partial charge in [-0.25, -0.2) is 9.18 Å². The normalized spacial score (nSPS) is 10.6. The summed E-state index contributed by atoms with van der Waals surface area (Å²) >= 11 is 3.77. The van der Waals surface area contributed by atoms with Gasteiger partial charge in [-0.15, -0.1) is 21.5 Å². The van der Waals surface area contributed by atoms with Crippen LogP contribution in [0.2, 0.25) is 0 Å². The van der Waals surface area contributed by atoms with Crippen molar-refractivity contribution in [3.63, 3.8) is 0 Å². The van der Waals surface area contributed by atoms with Crippen LogP contribution in [0, 0.1) is 5.82 Å². The molecular weight excluding hydrogens is 505 g/mol. The monoisotopic (exact) mass is 519 g/mol. The van der Waals surface area contributed by atoms with Crippen LogP contribution >= 0.6 is 34.4 Å². The highest BCUT2D eigenvalue weighted by atomic mass is 32.2. The highest BCUT2D eigenvalue weighted by Crippen LogP contribution is 2.28. The lowest BCUT2D eigenvalue weighted by Crippen LogP contribution is -2.20. The molecular formula is C21H14FN3O6S3. The molecule has 1 aromatic carbocycles. The second kappa shape index (κ2) is 11.0. The molecule has 4 aromatic rings. The maximum Gasteiger partial charge on any atom is 0.349 e. The van der Waals surface area contributed by atoms with Crippen LogP contribution in [-0.2, 0) is 10.5 Å². The van der Waals surface area contributed by atoms with E-state index in [0.717, 1.165) is 6.26 Å². The predicted molar refractivity (Wildman–Crippen MR) is 124 cm³/mol. The number of carbonyl (C=O) groups excluding carboxylic acids is 2. The minimum Gasteiger partial charge on any atom is -0.482 e. The average Bonchev–Trinajstić information content (AvgIpc) is 3.51. The van der Waals surface area contributed by atoms with Gasteiger partial charge in [-0.3, -0.25) is 14.9 Å². The lowest BCUT2D eigenvalue weighted by molar-refractivity contribution is -0.136. The minimum atomic E-state index is -0.815. The summed E-state index contributed by atoms with van der Waals surface area (Å²) in [6, 6.07) is 9.80. The highest BCUT2D eigenvalue weighted by molar-refractivity contribution is 8.00. The van der Waals surface area contributed by atoms with E-state index in [1.54, 1.807) is 17.5 Å². The average molecular weight is 520 g/mol. The molecule has 0 spiro atoms. The molecule has 0 saturated heterocycles. The molecule has 3 aromatic heterocycles. The summed E-state index contributed by atoms with van der Waals surface area (Å²) in [6.07, 6.45) is 1.04. The number of aromatic nitrogens is 2. The maximum atomic E-state index is 12.9. The molecule has 1 amide bonds. The van der Waals surface area contributed by atoms with Crippen LogP contribution in [0.3, 0.4) is 0 Å². The molecule has 0 radical (unpaired) electrons. The van der Waals surface area contributed by atoms with Gasteiger partial charge in [0.25, 0.3) is 5.91 Å². The molecule has 1 N–H and O–H groups in total. The van der Waals surface area contributed by atoms with Gasteiger partial charge < -0.3 is 13.9 Å². The first-order valence-corrected chi connectivity index (χ1v) is 12.2. The summed E-state index contributed by atoms with van der Waals surface area (Å²) in [4.78, 5) is 36.8. The zero-order chi connectivity index (χ0) is 23.9. The number of anilines is 1. The Bertz CT molecular complexity index is 1340. The molecule has 0 aliphatic heterocycles. The van der Waals surface area contributed by atoms with Crippen molar-refractivity contribution in [2.75, 3.05) is 11.9 Å². The summed E-state index contributed by atoms with van der Waals surface area (Å²) in [5.74, 6) is -0.911. The van der Waals surface area contributed by atoms with E-state index in [1.165, 1.54) is 64.8 Å². The molecule has 0 saturated carbocycles. The Morgan fingerprint density at radius 3 is 2.74 bits per heavy atom. The third kappa shape index (κ3) is 6.50. The van der Waals surface area contributed by atoms with Crippen molar-refractivity contribution in [3.8, 4) is 11.5 Å². The van der Waals surface area contributed by atoms with Crippen molar-refractivity contribution in [2.24, 2.45) is 0 Å². The first-order valence-electron chi connectivity index (χ1n) is 9.48. The number of rotatable bonds is 9. The van der Waals surface area contributed by atoms with Crippen molar-refractivity contribution in [2.45, 2.75) is 10.1 Å². The zero-order valence-electron chi connectivity index (χ0n) is 17.1. The van der Waals surface area contributed by atoms with Crippen molar-refractivity contribution < 1.29 is 27.9 Å². The molecule has 4 rings (SSSR count). The van der Waals surface area contributed by atoms with Crippen molar-refractivity contribution in [1.29, 1.82) is 0 Å². The van der Waals surface area contributed by atoms with E-state index in [0.29, 0.717) is 20.1 Å². The third-order valence-electron chi connectivity index (χ3n) is 3.96. The Kier molecular flexibility index (Phi) is 7.67. The van der Waals surface area contributed by atoms with Gasteiger partial charge >= 0.3 is 5.97 Å². The van der Waals surface area contributed by atoms with E-state index in [4.69, 9.17) is 13.9 Å². The molecule has 0 atom stereocenters. The summed E-state index contributed by atoms with van der Waals surface area (Å²) in [5, 5.41) is 12.8. The third-order valence-corrected chi connectivity index (χ3v) is 6.82. The lowest BCUT2D eigenvalue weighted by Gasteiger charge is -2.06. The number of thiophene rings is 1. The van der Waals surface area contributed by atoms with E-state index in [2.05, 4.69) is 15.5 Å². The van der Waals surface area contributed by atoms with Gasteiger partial charge in [0.1, 0.15) is 23.6 Å². The van der Waals surface area contributed by atoms with Crippen LogP contribution in [0.5, 0.6) is 11.5 Å². The first-order chi connectivity index (χ1) is 16.5.